The van der Waals surface area contributed by atoms with Crippen LogP contribution in [0.2, 0.25) is 0 Å². The Kier molecular flexibility index (Phi) is 5.19. The predicted octanol–water partition coefficient (Wildman–Crippen LogP) is 1.29. The van der Waals surface area contributed by atoms with Crippen LogP contribution in [0.25, 0.3) is 0 Å². The van der Waals surface area contributed by atoms with Gasteiger partial charge in [-0.25, -0.2) is 23.5 Å². The van der Waals surface area contributed by atoms with Gasteiger partial charge in [0, 0.05) is 36.6 Å². The minimum Gasteiger partial charge on any atom is -0.341 e. The van der Waals surface area contributed by atoms with Gasteiger partial charge in [-0.1, -0.05) is 0 Å². The molecule has 1 aromatic heterocycles. The van der Waals surface area contributed by atoms with Crippen molar-refractivity contribution in [1.29, 1.82) is 0 Å². The lowest BCUT2D eigenvalue weighted by atomic mass is 9.96. The van der Waals surface area contributed by atoms with E-state index in [0.717, 1.165) is 5.69 Å². The Morgan fingerprint density at radius 3 is 2.42 bits per heavy atom. The van der Waals surface area contributed by atoms with Crippen LogP contribution in [0.3, 0.4) is 0 Å². The topological polar surface area (TPSA) is 118 Å². The van der Waals surface area contributed by atoms with Crippen molar-refractivity contribution < 1.29 is 13.2 Å². The van der Waals surface area contributed by atoms with Crippen LogP contribution in [-0.4, -0.2) is 37.4 Å². The van der Waals surface area contributed by atoms with Gasteiger partial charge in [0.05, 0.1) is 4.90 Å². The van der Waals surface area contributed by atoms with Gasteiger partial charge in [-0.05, 0) is 50.1 Å². The average Bonchev–Trinajstić information content (AvgIpc) is 2.61. The minimum absolute atomic E-state index is 0.0157. The van der Waals surface area contributed by atoms with Gasteiger partial charge in [0.25, 0.3) is 0 Å². The van der Waals surface area contributed by atoms with Crippen molar-refractivity contribution in [3.8, 4) is 0 Å². The normalized spacial score (nSPS) is 15.7. The van der Waals surface area contributed by atoms with Gasteiger partial charge < -0.3 is 10.2 Å². The van der Waals surface area contributed by atoms with Gasteiger partial charge in [0.2, 0.25) is 21.9 Å². The van der Waals surface area contributed by atoms with Crippen LogP contribution in [0.1, 0.15) is 18.5 Å². The number of benzene rings is 1. The Morgan fingerprint density at radius 1 is 1.19 bits per heavy atom. The van der Waals surface area contributed by atoms with Crippen LogP contribution in [0.5, 0.6) is 0 Å². The zero-order chi connectivity index (χ0) is 18.7. The van der Waals surface area contributed by atoms with Crippen molar-refractivity contribution in [3.05, 3.63) is 42.2 Å². The monoisotopic (exact) mass is 375 g/mol. The Labute approximate surface area is 152 Å². The second-order valence-electron chi connectivity index (χ2n) is 6.32. The number of primary sulfonamides is 1. The number of piperidine rings is 1. The second-order valence-corrected chi connectivity index (χ2v) is 7.88. The van der Waals surface area contributed by atoms with E-state index in [4.69, 9.17) is 5.14 Å². The SMILES string of the molecule is Cc1ccnc(N2CCC(C(=O)Nc3ccc(S(N)(=O)=O)cc3)CC2)n1. The summed E-state index contributed by atoms with van der Waals surface area (Å²) in [5.74, 6) is 0.523. The molecule has 1 fully saturated rings. The molecule has 26 heavy (non-hydrogen) atoms. The summed E-state index contributed by atoms with van der Waals surface area (Å²) in [6.45, 7) is 3.35. The van der Waals surface area contributed by atoms with Crippen LogP contribution in [0.15, 0.2) is 41.4 Å². The standard InChI is InChI=1S/C17H21N5O3S/c1-12-6-9-19-17(20-12)22-10-7-13(8-11-22)16(23)21-14-2-4-15(5-3-14)26(18,24)25/h2-6,9,13H,7-8,10-11H2,1H3,(H,21,23)(H2,18,24,25). The Bertz CT molecular complexity index is 891. The van der Waals surface area contributed by atoms with Crippen LogP contribution in [-0.2, 0) is 14.8 Å². The summed E-state index contributed by atoms with van der Waals surface area (Å²) >= 11 is 0. The number of nitrogens with two attached hydrogens (primary N) is 1. The summed E-state index contributed by atoms with van der Waals surface area (Å²) in [6, 6.07) is 7.68. The molecule has 1 amide bonds. The highest BCUT2D eigenvalue weighted by Crippen LogP contribution is 2.22. The number of sulfonamides is 1. The number of amides is 1. The van der Waals surface area contributed by atoms with Gasteiger partial charge in [-0.15, -0.1) is 0 Å². The maximum absolute atomic E-state index is 12.4. The maximum Gasteiger partial charge on any atom is 0.238 e. The van der Waals surface area contributed by atoms with E-state index in [1.54, 1.807) is 6.20 Å². The van der Waals surface area contributed by atoms with Crippen molar-refractivity contribution in [2.75, 3.05) is 23.3 Å². The number of carbonyl (C=O) groups excluding carboxylic acids is 1. The predicted molar refractivity (Wildman–Crippen MR) is 98.2 cm³/mol. The molecule has 0 bridgehead atoms. The highest BCUT2D eigenvalue weighted by atomic mass is 32.2. The van der Waals surface area contributed by atoms with E-state index >= 15 is 0 Å². The van der Waals surface area contributed by atoms with E-state index in [2.05, 4.69) is 20.2 Å². The first-order valence-electron chi connectivity index (χ1n) is 8.31. The molecule has 0 spiro atoms. The van der Waals surface area contributed by atoms with Crippen molar-refractivity contribution in [2.24, 2.45) is 11.1 Å². The van der Waals surface area contributed by atoms with Gasteiger partial charge in [0.1, 0.15) is 0 Å². The molecular weight excluding hydrogens is 354 g/mol. The van der Waals surface area contributed by atoms with Crippen LogP contribution >= 0.6 is 0 Å². The van der Waals surface area contributed by atoms with E-state index in [1.807, 2.05) is 13.0 Å². The zero-order valence-electron chi connectivity index (χ0n) is 14.4. The number of aromatic nitrogens is 2. The first kappa shape index (κ1) is 18.3. The van der Waals surface area contributed by atoms with Crippen molar-refractivity contribution in [2.45, 2.75) is 24.7 Å². The summed E-state index contributed by atoms with van der Waals surface area (Å²) in [4.78, 5) is 23.2. The first-order chi connectivity index (χ1) is 12.3. The minimum atomic E-state index is -3.73. The largest absolute Gasteiger partial charge is 0.341 e. The molecule has 2 aromatic rings. The summed E-state index contributed by atoms with van der Waals surface area (Å²) in [6.07, 6.45) is 3.15. The molecule has 8 nitrogen and oxygen atoms in total. The van der Waals surface area contributed by atoms with Crippen molar-refractivity contribution >= 4 is 27.6 Å². The lowest BCUT2D eigenvalue weighted by Gasteiger charge is -2.31. The summed E-state index contributed by atoms with van der Waals surface area (Å²) in [5.41, 5.74) is 1.46. The molecule has 0 unspecified atom stereocenters. The fraction of sp³-hybridized carbons (Fsp3) is 0.353. The lowest BCUT2D eigenvalue weighted by Crippen LogP contribution is -2.39. The molecular formula is C17H21N5O3S. The summed E-state index contributed by atoms with van der Waals surface area (Å²) in [5, 5.41) is 7.89. The number of carbonyl (C=O) groups is 1. The molecule has 0 saturated carbocycles. The van der Waals surface area contributed by atoms with E-state index in [1.165, 1.54) is 24.3 Å². The van der Waals surface area contributed by atoms with Crippen molar-refractivity contribution in [3.63, 3.8) is 0 Å². The van der Waals surface area contributed by atoms with Gasteiger partial charge in [-0.2, -0.15) is 0 Å². The Morgan fingerprint density at radius 2 is 1.85 bits per heavy atom. The second kappa shape index (κ2) is 7.38. The highest BCUT2D eigenvalue weighted by molar-refractivity contribution is 7.89. The third-order valence-electron chi connectivity index (χ3n) is 4.38. The molecule has 9 heteroatoms. The summed E-state index contributed by atoms with van der Waals surface area (Å²) < 4.78 is 22.5. The van der Waals surface area contributed by atoms with Gasteiger partial charge in [-0.3, -0.25) is 4.79 Å². The number of nitrogens with one attached hydrogen (secondary N) is 1. The fourth-order valence-electron chi connectivity index (χ4n) is 2.90. The molecule has 2 heterocycles. The Balaban J connectivity index is 1.57. The molecule has 1 aliphatic rings. The highest BCUT2D eigenvalue weighted by Gasteiger charge is 2.26. The lowest BCUT2D eigenvalue weighted by molar-refractivity contribution is -0.120. The molecule has 1 aliphatic heterocycles. The third kappa shape index (κ3) is 4.36. The van der Waals surface area contributed by atoms with E-state index < -0.39 is 10.0 Å². The first-order valence-corrected chi connectivity index (χ1v) is 9.86. The molecule has 1 aromatic carbocycles. The van der Waals surface area contributed by atoms with Crippen LogP contribution in [0, 0.1) is 12.8 Å². The number of nitrogens with zero attached hydrogens (tertiary/aromatic N) is 3. The Hall–Kier alpha value is -2.52. The van der Waals surface area contributed by atoms with Crippen LogP contribution in [0.4, 0.5) is 11.6 Å². The molecule has 3 rings (SSSR count). The van der Waals surface area contributed by atoms with Crippen LogP contribution < -0.4 is 15.4 Å². The number of hydrogen-bond acceptors (Lipinski definition) is 6. The molecule has 138 valence electrons. The molecule has 0 aliphatic carbocycles. The average molecular weight is 375 g/mol. The number of aryl methyl sites for hydroxylation is 1. The molecule has 0 radical (unpaired) electrons. The molecule has 3 N–H and O–H groups in total. The molecule has 0 atom stereocenters. The number of hydrogen-bond donors (Lipinski definition) is 2. The third-order valence-corrected chi connectivity index (χ3v) is 5.31. The fourth-order valence-corrected chi connectivity index (χ4v) is 3.42. The maximum atomic E-state index is 12.4. The smallest absolute Gasteiger partial charge is 0.238 e. The van der Waals surface area contributed by atoms with E-state index in [-0.39, 0.29) is 16.7 Å². The quantitative estimate of drug-likeness (QED) is 0.831. The van der Waals surface area contributed by atoms with Crippen molar-refractivity contribution in [1.82, 2.24) is 9.97 Å². The number of anilines is 2. The van der Waals surface area contributed by atoms with Gasteiger partial charge >= 0.3 is 0 Å². The summed E-state index contributed by atoms with van der Waals surface area (Å²) in [7, 11) is -3.73. The molecule has 1 saturated heterocycles. The number of rotatable bonds is 4. The van der Waals surface area contributed by atoms with Gasteiger partial charge in [0.15, 0.2) is 0 Å². The zero-order valence-corrected chi connectivity index (χ0v) is 15.2. The van der Waals surface area contributed by atoms with E-state index in [9.17, 15) is 13.2 Å². The van der Waals surface area contributed by atoms with E-state index in [0.29, 0.717) is 37.6 Å².